The molecule has 1 heterocycles. The zero-order chi connectivity index (χ0) is 9.84. The third-order valence-electron chi connectivity index (χ3n) is 1.32. The first-order valence-corrected chi connectivity index (χ1v) is 4.53. The van der Waals surface area contributed by atoms with Crippen LogP contribution >= 0.6 is 11.3 Å². The second kappa shape index (κ2) is 4.20. The molecule has 0 unspecified atom stereocenters. The van der Waals surface area contributed by atoms with E-state index < -0.39 is 5.97 Å². The average molecular weight is 202 g/mol. The predicted molar refractivity (Wildman–Crippen MR) is 48.4 cm³/mol. The SMILES string of the molecule is CCOC(=O)c1sc(N)nc1CO. The molecule has 72 valence electrons. The zero-order valence-corrected chi connectivity index (χ0v) is 7.93. The number of aliphatic hydroxyl groups is 1. The Morgan fingerprint density at radius 1 is 1.77 bits per heavy atom. The number of hydrogen-bond acceptors (Lipinski definition) is 6. The molecule has 0 bridgehead atoms. The summed E-state index contributed by atoms with van der Waals surface area (Å²) < 4.78 is 4.75. The average Bonchev–Trinajstić information content (AvgIpc) is 2.47. The number of aromatic nitrogens is 1. The normalized spacial score (nSPS) is 10.0. The van der Waals surface area contributed by atoms with Gasteiger partial charge in [0.2, 0.25) is 0 Å². The number of hydrogen-bond donors (Lipinski definition) is 2. The molecule has 0 amide bonds. The van der Waals surface area contributed by atoms with E-state index in [9.17, 15) is 4.79 Å². The second-order valence-electron chi connectivity index (χ2n) is 2.21. The molecule has 1 aromatic heterocycles. The molecule has 3 N–H and O–H groups in total. The summed E-state index contributed by atoms with van der Waals surface area (Å²) in [5, 5.41) is 9.09. The highest BCUT2D eigenvalue weighted by atomic mass is 32.1. The van der Waals surface area contributed by atoms with Crippen LogP contribution in [0, 0.1) is 0 Å². The van der Waals surface area contributed by atoms with E-state index in [1.54, 1.807) is 6.92 Å². The Hall–Kier alpha value is -1.14. The molecule has 0 saturated heterocycles. The molecule has 0 atom stereocenters. The Morgan fingerprint density at radius 3 is 3.00 bits per heavy atom. The van der Waals surface area contributed by atoms with Gasteiger partial charge in [-0.2, -0.15) is 0 Å². The fraction of sp³-hybridized carbons (Fsp3) is 0.429. The summed E-state index contributed by atoms with van der Waals surface area (Å²) in [7, 11) is 0. The van der Waals surface area contributed by atoms with E-state index in [1.165, 1.54) is 0 Å². The Morgan fingerprint density at radius 2 is 2.46 bits per heavy atom. The maximum atomic E-state index is 11.2. The first kappa shape index (κ1) is 9.94. The number of nitrogen functional groups attached to an aromatic ring is 1. The molecule has 0 fully saturated rings. The molecule has 13 heavy (non-hydrogen) atoms. The van der Waals surface area contributed by atoms with Gasteiger partial charge in [0.15, 0.2) is 5.13 Å². The van der Waals surface area contributed by atoms with Gasteiger partial charge in [-0.15, -0.1) is 0 Å². The lowest BCUT2D eigenvalue weighted by Gasteiger charge is -1.98. The molecule has 0 spiro atoms. The largest absolute Gasteiger partial charge is 0.462 e. The smallest absolute Gasteiger partial charge is 0.350 e. The molecule has 0 aliphatic heterocycles. The van der Waals surface area contributed by atoms with E-state index in [4.69, 9.17) is 15.6 Å². The van der Waals surface area contributed by atoms with Gasteiger partial charge in [-0.3, -0.25) is 0 Å². The molecule has 6 heteroatoms. The molecular weight excluding hydrogens is 192 g/mol. The van der Waals surface area contributed by atoms with Crippen LogP contribution in [0.25, 0.3) is 0 Å². The number of esters is 1. The summed E-state index contributed by atoms with van der Waals surface area (Å²) in [4.78, 5) is 15.3. The fourth-order valence-electron chi connectivity index (χ4n) is 0.833. The van der Waals surface area contributed by atoms with Crippen LogP contribution in [0.2, 0.25) is 0 Å². The Labute approximate surface area is 79.2 Å². The number of carbonyl (C=O) groups is 1. The van der Waals surface area contributed by atoms with Crippen molar-refractivity contribution in [3.05, 3.63) is 10.6 Å². The quantitative estimate of drug-likeness (QED) is 0.693. The number of nitrogens with two attached hydrogens (primary N) is 1. The summed E-state index contributed by atoms with van der Waals surface area (Å²) in [6.07, 6.45) is 0. The van der Waals surface area contributed by atoms with Crippen molar-refractivity contribution in [3.63, 3.8) is 0 Å². The third kappa shape index (κ3) is 2.16. The van der Waals surface area contributed by atoms with Crippen molar-refractivity contribution >= 4 is 22.4 Å². The minimum absolute atomic E-state index is 0.257. The standard InChI is InChI=1S/C7H10N2O3S/c1-2-12-6(11)5-4(3-10)9-7(8)13-5/h10H,2-3H2,1H3,(H2,8,9). The Kier molecular flexibility index (Phi) is 3.21. The number of aliphatic hydroxyl groups excluding tert-OH is 1. The molecule has 0 radical (unpaired) electrons. The maximum Gasteiger partial charge on any atom is 0.350 e. The van der Waals surface area contributed by atoms with Crippen LogP contribution in [-0.2, 0) is 11.3 Å². The number of ether oxygens (including phenoxy) is 1. The lowest BCUT2D eigenvalue weighted by Crippen LogP contribution is -2.05. The van der Waals surface area contributed by atoms with Gasteiger partial charge in [-0.25, -0.2) is 9.78 Å². The maximum absolute atomic E-state index is 11.2. The lowest BCUT2D eigenvalue weighted by atomic mass is 10.4. The summed E-state index contributed by atoms with van der Waals surface area (Å²) in [6, 6.07) is 0. The van der Waals surface area contributed by atoms with Crippen LogP contribution in [0.4, 0.5) is 5.13 Å². The highest BCUT2D eigenvalue weighted by Gasteiger charge is 2.17. The summed E-state index contributed by atoms with van der Waals surface area (Å²) in [5.74, 6) is -0.485. The van der Waals surface area contributed by atoms with E-state index in [2.05, 4.69) is 4.98 Å². The van der Waals surface area contributed by atoms with Gasteiger partial charge in [-0.05, 0) is 6.92 Å². The van der Waals surface area contributed by atoms with E-state index in [1.807, 2.05) is 0 Å². The van der Waals surface area contributed by atoms with Crippen molar-refractivity contribution in [2.45, 2.75) is 13.5 Å². The van der Waals surface area contributed by atoms with E-state index >= 15 is 0 Å². The first-order valence-electron chi connectivity index (χ1n) is 3.72. The van der Waals surface area contributed by atoms with Gasteiger partial charge < -0.3 is 15.6 Å². The number of nitrogens with zero attached hydrogens (tertiary/aromatic N) is 1. The minimum Gasteiger partial charge on any atom is -0.462 e. The molecule has 1 aromatic rings. The monoisotopic (exact) mass is 202 g/mol. The van der Waals surface area contributed by atoms with Crippen molar-refractivity contribution in [1.82, 2.24) is 4.98 Å². The fourth-order valence-corrected chi connectivity index (χ4v) is 1.57. The minimum atomic E-state index is -0.485. The molecule has 0 aromatic carbocycles. The number of rotatable bonds is 3. The van der Waals surface area contributed by atoms with Gasteiger partial charge >= 0.3 is 5.97 Å². The molecule has 0 aliphatic rings. The topological polar surface area (TPSA) is 85.4 Å². The number of carbonyl (C=O) groups excluding carboxylic acids is 1. The van der Waals surface area contributed by atoms with Crippen LogP contribution in [-0.4, -0.2) is 22.7 Å². The Balaban J connectivity index is 2.91. The van der Waals surface area contributed by atoms with Crippen molar-refractivity contribution < 1.29 is 14.6 Å². The molecule has 5 nitrogen and oxygen atoms in total. The van der Waals surface area contributed by atoms with Crippen molar-refractivity contribution in [2.24, 2.45) is 0 Å². The van der Waals surface area contributed by atoms with Gasteiger partial charge in [0.1, 0.15) is 4.88 Å². The number of thiazole rings is 1. The van der Waals surface area contributed by atoms with Gasteiger partial charge in [0.25, 0.3) is 0 Å². The molecular formula is C7H10N2O3S. The van der Waals surface area contributed by atoms with Crippen molar-refractivity contribution in [1.29, 1.82) is 0 Å². The molecule has 0 saturated carbocycles. The highest BCUT2D eigenvalue weighted by Crippen LogP contribution is 2.21. The summed E-state index contributed by atoms with van der Waals surface area (Å²) >= 11 is 1.02. The van der Waals surface area contributed by atoms with Crippen molar-refractivity contribution in [2.75, 3.05) is 12.3 Å². The van der Waals surface area contributed by atoms with Gasteiger partial charge in [-0.1, -0.05) is 11.3 Å². The third-order valence-corrected chi connectivity index (χ3v) is 2.23. The van der Waals surface area contributed by atoms with Gasteiger partial charge in [0.05, 0.1) is 18.9 Å². The van der Waals surface area contributed by atoms with E-state index in [0.717, 1.165) is 11.3 Å². The summed E-state index contributed by atoms with van der Waals surface area (Å²) in [5.41, 5.74) is 5.66. The van der Waals surface area contributed by atoms with Crippen LogP contribution in [0.3, 0.4) is 0 Å². The van der Waals surface area contributed by atoms with E-state index in [-0.39, 0.29) is 22.3 Å². The highest BCUT2D eigenvalue weighted by molar-refractivity contribution is 7.17. The van der Waals surface area contributed by atoms with Crippen LogP contribution < -0.4 is 5.73 Å². The first-order chi connectivity index (χ1) is 6.19. The predicted octanol–water partition coefficient (Wildman–Crippen LogP) is 0.394. The summed E-state index contributed by atoms with van der Waals surface area (Å²) in [6.45, 7) is 1.70. The van der Waals surface area contributed by atoms with Crippen LogP contribution in [0.5, 0.6) is 0 Å². The lowest BCUT2D eigenvalue weighted by molar-refractivity contribution is 0.0528. The molecule has 1 rings (SSSR count). The van der Waals surface area contributed by atoms with Crippen LogP contribution in [0.15, 0.2) is 0 Å². The zero-order valence-electron chi connectivity index (χ0n) is 7.11. The molecule has 0 aliphatic carbocycles. The second-order valence-corrected chi connectivity index (χ2v) is 3.24. The van der Waals surface area contributed by atoms with Crippen molar-refractivity contribution in [3.8, 4) is 0 Å². The van der Waals surface area contributed by atoms with Crippen LogP contribution in [0.1, 0.15) is 22.3 Å². The number of anilines is 1. The van der Waals surface area contributed by atoms with E-state index in [0.29, 0.717) is 6.61 Å². The van der Waals surface area contributed by atoms with Gasteiger partial charge in [0, 0.05) is 0 Å². The Bertz CT molecular complexity index is 311.